The summed E-state index contributed by atoms with van der Waals surface area (Å²) < 4.78 is 5.37. The van der Waals surface area contributed by atoms with Gasteiger partial charge in [-0.25, -0.2) is 4.79 Å². The van der Waals surface area contributed by atoms with Crippen molar-refractivity contribution in [3.8, 4) is 0 Å². The lowest BCUT2D eigenvalue weighted by Crippen LogP contribution is -2.54. The second-order valence-electron chi connectivity index (χ2n) is 5.93. The van der Waals surface area contributed by atoms with Crippen LogP contribution in [-0.4, -0.2) is 47.2 Å². The number of hydrogen-bond acceptors (Lipinski definition) is 3. The van der Waals surface area contributed by atoms with Gasteiger partial charge in [0.05, 0.1) is 18.1 Å². The van der Waals surface area contributed by atoms with Crippen molar-refractivity contribution in [2.75, 3.05) is 13.1 Å². The van der Waals surface area contributed by atoms with E-state index in [1.807, 2.05) is 30.3 Å². The molecule has 2 aliphatic rings. The molecular weight excluding hydrogens is 270 g/mol. The number of amides is 1. The molecular formula is C16H19NO4. The number of ether oxygens (including phenoxy) is 1. The minimum atomic E-state index is -1.01. The summed E-state index contributed by atoms with van der Waals surface area (Å²) >= 11 is 0. The molecule has 1 saturated heterocycles. The first kappa shape index (κ1) is 14.1. The SMILES string of the molecule is C[C@@H]1CN(C(=O)C2(c3ccccc3)CC2)CC(C(=O)O)O1. The van der Waals surface area contributed by atoms with Gasteiger partial charge in [0.1, 0.15) is 0 Å². The topological polar surface area (TPSA) is 66.8 Å². The molecule has 1 aliphatic heterocycles. The molecule has 1 N–H and O–H groups in total. The fourth-order valence-corrected chi connectivity index (χ4v) is 3.06. The van der Waals surface area contributed by atoms with E-state index in [0.29, 0.717) is 6.54 Å². The summed E-state index contributed by atoms with van der Waals surface area (Å²) in [5.74, 6) is -0.973. The van der Waals surface area contributed by atoms with Gasteiger partial charge in [0.25, 0.3) is 0 Å². The highest BCUT2D eigenvalue weighted by Gasteiger charge is 2.54. The third-order valence-corrected chi connectivity index (χ3v) is 4.31. The van der Waals surface area contributed by atoms with Crippen LogP contribution in [0.1, 0.15) is 25.3 Å². The van der Waals surface area contributed by atoms with E-state index in [2.05, 4.69) is 0 Å². The molecule has 2 fully saturated rings. The fraction of sp³-hybridized carbons (Fsp3) is 0.500. The first-order valence-corrected chi connectivity index (χ1v) is 7.26. The van der Waals surface area contributed by atoms with Crippen molar-refractivity contribution >= 4 is 11.9 Å². The van der Waals surface area contributed by atoms with Crippen molar-refractivity contribution in [3.05, 3.63) is 35.9 Å². The van der Waals surface area contributed by atoms with Gasteiger partial charge in [-0.3, -0.25) is 4.79 Å². The van der Waals surface area contributed by atoms with Crippen LogP contribution in [0.2, 0.25) is 0 Å². The monoisotopic (exact) mass is 289 g/mol. The summed E-state index contributed by atoms with van der Waals surface area (Å²) in [5.41, 5.74) is 0.586. The summed E-state index contributed by atoms with van der Waals surface area (Å²) in [6, 6.07) is 9.75. The summed E-state index contributed by atoms with van der Waals surface area (Å²) in [5, 5.41) is 9.13. The summed E-state index contributed by atoms with van der Waals surface area (Å²) in [6.45, 7) is 2.39. The number of rotatable bonds is 3. The zero-order valence-electron chi connectivity index (χ0n) is 12.0. The van der Waals surface area contributed by atoms with Gasteiger partial charge in [-0.05, 0) is 25.3 Å². The number of aliphatic carboxylic acids is 1. The molecule has 5 heteroatoms. The maximum atomic E-state index is 12.9. The van der Waals surface area contributed by atoms with Crippen molar-refractivity contribution in [1.82, 2.24) is 4.90 Å². The summed E-state index contributed by atoms with van der Waals surface area (Å²) in [7, 11) is 0. The van der Waals surface area contributed by atoms with Gasteiger partial charge in [0.2, 0.25) is 5.91 Å². The normalized spacial score (nSPS) is 27.2. The lowest BCUT2D eigenvalue weighted by Gasteiger charge is -2.37. The van der Waals surface area contributed by atoms with Gasteiger partial charge in [-0.2, -0.15) is 0 Å². The van der Waals surface area contributed by atoms with Gasteiger partial charge in [-0.15, -0.1) is 0 Å². The molecule has 1 aromatic rings. The Labute approximate surface area is 123 Å². The summed E-state index contributed by atoms with van der Waals surface area (Å²) in [4.78, 5) is 25.7. The van der Waals surface area contributed by atoms with Gasteiger partial charge >= 0.3 is 5.97 Å². The molecule has 3 rings (SSSR count). The predicted molar refractivity (Wildman–Crippen MR) is 75.9 cm³/mol. The van der Waals surface area contributed by atoms with E-state index in [0.717, 1.165) is 18.4 Å². The molecule has 1 amide bonds. The first-order chi connectivity index (χ1) is 10.0. The third kappa shape index (κ3) is 2.53. The fourth-order valence-electron chi connectivity index (χ4n) is 3.06. The van der Waals surface area contributed by atoms with E-state index in [-0.39, 0.29) is 18.6 Å². The summed E-state index contributed by atoms with van der Waals surface area (Å²) in [6.07, 6.45) is 0.484. The number of carbonyl (C=O) groups excluding carboxylic acids is 1. The predicted octanol–water partition coefficient (Wildman–Crippen LogP) is 1.42. The highest BCUT2D eigenvalue weighted by Crippen LogP contribution is 2.49. The number of carbonyl (C=O) groups is 2. The highest BCUT2D eigenvalue weighted by atomic mass is 16.5. The Morgan fingerprint density at radius 1 is 1.24 bits per heavy atom. The largest absolute Gasteiger partial charge is 0.479 e. The molecule has 1 aliphatic carbocycles. The molecule has 0 aromatic heterocycles. The molecule has 5 nitrogen and oxygen atoms in total. The molecule has 1 unspecified atom stereocenters. The second-order valence-corrected chi connectivity index (χ2v) is 5.93. The van der Waals surface area contributed by atoms with E-state index in [4.69, 9.17) is 9.84 Å². The molecule has 0 spiro atoms. The zero-order valence-corrected chi connectivity index (χ0v) is 12.0. The Kier molecular flexibility index (Phi) is 3.45. The van der Waals surface area contributed by atoms with Crippen LogP contribution in [0.25, 0.3) is 0 Å². The smallest absolute Gasteiger partial charge is 0.334 e. The van der Waals surface area contributed by atoms with Crippen LogP contribution >= 0.6 is 0 Å². The van der Waals surface area contributed by atoms with Crippen LogP contribution in [-0.2, 0) is 19.7 Å². The Morgan fingerprint density at radius 3 is 2.48 bits per heavy atom. The molecule has 1 heterocycles. The number of hydrogen-bond donors (Lipinski definition) is 1. The number of carboxylic acid groups (broad SMARTS) is 1. The van der Waals surface area contributed by atoms with E-state index < -0.39 is 17.5 Å². The Balaban J connectivity index is 1.80. The average Bonchev–Trinajstić information content (AvgIpc) is 3.28. The minimum absolute atomic E-state index is 0.0371. The maximum absolute atomic E-state index is 12.9. The van der Waals surface area contributed by atoms with Crippen molar-refractivity contribution in [2.24, 2.45) is 0 Å². The third-order valence-electron chi connectivity index (χ3n) is 4.31. The standard InChI is InChI=1S/C16H19NO4/c1-11-9-17(10-13(21-11)14(18)19)15(20)16(7-8-16)12-5-3-2-4-6-12/h2-6,11,13H,7-10H2,1H3,(H,18,19)/t11-,13?/m1/s1. The van der Waals surface area contributed by atoms with Crippen LogP contribution in [0.4, 0.5) is 0 Å². The Hall–Kier alpha value is -1.88. The molecule has 21 heavy (non-hydrogen) atoms. The van der Waals surface area contributed by atoms with E-state index in [1.54, 1.807) is 11.8 Å². The van der Waals surface area contributed by atoms with Gasteiger partial charge in [0.15, 0.2) is 6.10 Å². The Morgan fingerprint density at radius 2 is 1.90 bits per heavy atom. The molecule has 1 aromatic carbocycles. The molecule has 112 valence electrons. The molecule has 1 saturated carbocycles. The Bertz CT molecular complexity index is 553. The van der Waals surface area contributed by atoms with Crippen molar-refractivity contribution in [1.29, 1.82) is 0 Å². The van der Waals surface area contributed by atoms with Crippen molar-refractivity contribution in [3.63, 3.8) is 0 Å². The maximum Gasteiger partial charge on any atom is 0.334 e. The second kappa shape index (κ2) is 5.15. The van der Waals surface area contributed by atoms with Crippen LogP contribution in [0.15, 0.2) is 30.3 Å². The lowest BCUT2D eigenvalue weighted by molar-refractivity contribution is -0.167. The van der Waals surface area contributed by atoms with Crippen LogP contribution in [0, 0.1) is 0 Å². The molecule has 2 atom stereocenters. The van der Waals surface area contributed by atoms with E-state index in [9.17, 15) is 9.59 Å². The number of benzene rings is 1. The number of morpholine rings is 1. The number of nitrogens with zero attached hydrogens (tertiary/aromatic N) is 1. The number of carboxylic acids is 1. The average molecular weight is 289 g/mol. The quantitative estimate of drug-likeness (QED) is 0.914. The highest BCUT2D eigenvalue weighted by molar-refractivity contribution is 5.92. The molecule has 0 bridgehead atoms. The van der Waals surface area contributed by atoms with Crippen LogP contribution in [0.5, 0.6) is 0 Å². The van der Waals surface area contributed by atoms with Crippen molar-refractivity contribution < 1.29 is 19.4 Å². The van der Waals surface area contributed by atoms with Gasteiger partial charge in [-0.1, -0.05) is 30.3 Å². The van der Waals surface area contributed by atoms with Gasteiger partial charge < -0.3 is 14.7 Å². The first-order valence-electron chi connectivity index (χ1n) is 7.26. The lowest BCUT2D eigenvalue weighted by atomic mass is 9.94. The van der Waals surface area contributed by atoms with Gasteiger partial charge in [0, 0.05) is 6.54 Å². The van der Waals surface area contributed by atoms with E-state index in [1.165, 1.54) is 0 Å². The van der Waals surface area contributed by atoms with Crippen LogP contribution < -0.4 is 0 Å². The van der Waals surface area contributed by atoms with Crippen LogP contribution in [0.3, 0.4) is 0 Å². The zero-order chi connectivity index (χ0) is 15.0. The molecule has 0 radical (unpaired) electrons. The minimum Gasteiger partial charge on any atom is -0.479 e. The van der Waals surface area contributed by atoms with E-state index >= 15 is 0 Å². The van der Waals surface area contributed by atoms with Crippen molar-refractivity contribution in [2.45, 2.75) is 37.4 Å².